The topological polar surface area (TPSA) is 72.1 Å². The van der Waals surface area contributed by atoms with Crippen molar-refractivity contribution in [2.75, 3.05) is 33.0 Å². The Hall–Kier alpha value is -1.13. The van der Waals surface area contributed by atoms with Gasteiger partial charge in [-0.1, -0.05) is 6.92 Å². The number of nitrogens with one attached hydrogen (secondary N) is 1. The first-order chi connectivity index (χ1) is 12.2. The van der Waals surface area contributed by atoms with E-state index >= 15 is 0 Å². The lowest BCUT2D eigenvalue weighted by atomic mass is 10.1. The molecule has 0 radical (unpaired) electrons. The van der Waals surface area contributed by atoms with Gasteiger partial charge >= 0.3 is 0 Å². The third-order valence-corrected chi connectivity index (χ3v) is 4.83. The molecule has 2 aliphatic heterocycles. The molecule has 1 fully saturated rings. The van der Waals surface area contributed by atoms with E-state index < -0.39 is 0 Å². The van der Waals surface area contributed by atoms with E-state index in [1.807, 2.05) is 0 Å². The molecule has 2 aliphatic rings. The van der Waals surface area contributed by atoms with Gasteiger partial charge in [-0.2, -0.15) is 0 Å². The zero-order chi connectivity index (χ0) is 17.6. The minimum absolute atomic E-state index is 0. The molecule has 3 rings (SSSR count). The lowest BCUT2D eigenvalue weighted by molar-refractivity contribution is -0.0172. The standard InChI is InChI=1S/C18H27FN4O2.HI/c1-2-23-7-3-4-16(23)10-22-18(20)21-6-5-13-8-15(19)9-14-11-24-12-25-17(13)14;/h8-9,16H,2-7,10-12H2,1H3,(H3,20,21,22);1H. The number of likely N-dealkylation sites (tertiary alicyclic amines) is 1. The van der Waals surface area contributed by atoms with Gasteiger partial charge in [-0.05, 0) is 50.0 Å². The summed E-state index contributed by atoms with van der Waals surface area (Å²) in [5.74, 6) is 0.900. The highest BCUT2D eigenvalue weighted by atomic mass is 127. The predicted octanol–water partition coefficient (Wildman–Crippen LogP) is 2.24. The molecule has 0 saturated carbocycles. The molecule has 6 nitrogen and oxygen atoms in total. The average molecular weight is 478 g/mol. The quantitative estimate of drug-likeness (QED) is 0.373. The molecule has 1 aromatic carbocycles. The minimum Gasteiger partial charge on any atom is -0.467 e. The van der Waals surface area contributed by atoms with Crippen LogP contribution in [0.2, 0.25) is 0 Å². The van der Waals surface area contributed by atoms with Crippen LogP contribution < -0.4 is 15.8 Å². The maximum atomic E-state index is 13.7. The molecule has 0 spiro atoms. The van der Waals surface area contributed by atoms with Crippen LogP contribution in [0.25, 0.3) is 0 Å². The number of hydrogen-bond acceptors (Lipinski definition) is 4. The van der Waals surface area contributed by atoms with Gasteiger partial charge in [-0.3, -0.25) is 9.89 Å². The first kappa shape index (κ1) is 21.2. The smallest absolute Gasteiger partial charge is 0.189 e. The van der Waals surface area contributed by atoms with Crippen molar-refractivity contribution in [3.05, 3.63) is 29.1 Å². The fraction of sp³-hybridized carbons (Fsp3) is 0.611. The second-order valence-corrected chi connectivity index (χ2v) is 6.49. The lowest BCUT2D eigenvalue weighted by Gasteiger charge is -2.21. The second kappa shape index (κ2) is 10.3. The number of aliphatic imine (C=N–C) groups is 1. The van der Waals surface area contributed by atoms with E-state index in [9.17, 15) is 4.39 Å². The van der Waals surface area contributed by atoms with E-state index in [2.05, 4.69) is 22.1 Å². The number of guanidine groups is 1. The summed E-state index contributed by atoms with van der Waals surface area (Å²) in [6, 6.07) is 3.47. The van der Waals surface area contributed by atoms with Gasteiger partial charge in [-0.25, -0.2) is 4.39 Å². The van der Waals surface area contributed by atoms with Crippen molar-refractivity contribution < 1.29 is 13.9 Å². The van der Waals surface area contributed by atoms with Crippen LogP contribution in [-0.2, 0) is 17.8 Å². The zero-order valence-electron chi connectivity index (χ0n) is 15.2. The van der Waals surface area contributed by atoms with Crippen molar-refractivity contribution in [1.82, 2.24) is 10.2 Å². The van der Waals surface area contributed by atoms with Crippen molar-refractivity contribution in [2.24, 2.45) is 10.7 Å². The second-order valence-electron chi connectivity index (χ2n) is 6.49. The lowest BCUT2D eigenvalue weighted by Crippen LogP contribution is -2.36. The van der Waals surface area contributed by atoms with Crippen molar-refractivity contribution in [1.29, 1.82) is 0 Å². The number of hydrogen-bond donors (Lipinski definition) is 2. The molecular weight excluding hydrogens is 450 g/mol. The van der Waals surface area contributed by atoms with E-state index in [4.69, 9.17) is 15.2 Å². The molecule has 26 heavy (non-hydrogen) atoms. The summed E-state index contributed by atoms with van der Waals surface area (Å²) >= 11 is 0. The van der Waals surface area contributed by atoms with Crippen LogP contribution in [0.5, 0.6) is 5.75 Å². The maximum absolute atomic E-state index is 13.7. The largest absolute Gasteiger partial charge is 0.467 e. The Morgan fingerprint density at radius 2 is 2.31 bits per heavy atom. The van der Waals surface area contributed by atoms with E-state index in [1.165, 1.54) is 25.0 Å². The van der Waals surface area contributed by atoms with Crippen LogP contribution in [0.4, 0.5) is 4.39 Å². The Bertz CT molecular complexity index is 629. The number of nitrogens with zero attached hydrogens (tertiary/aromatic N) is 2. The Morgan fingerprint density at radius 3 is 3.12 bits per heavy atom. The molecule has 0 aromatic heterocycles. The van der Waals surface area contributed by atoms with Crippen LogP contribution in [0.1, 0.15) is 30.9 Å². The van der Waals surface area contributed by atoms with E-state index in [-0.39, 0.29) is 36.6 Å². The Kier molecular flexibility index (Phi) is 8.36. The molecule has 0 aliphatic carbocycles. The summed E-state index contributed by atoms with van der Waals surface area (Å²) in [5.41, 5.74) is 7.54. The molecule has 8 heteroatoms. The Morgan fingerprint density at radius 1 is 1.46 bits per heavy atom. The summed E-state index contributed by atoms with van der Waals surface area (Å²) in [5, 5.41) is 3.11. The number of benzene rings is 1. The minimum atomic E-state index is -0.273. The highest BCUT2D eigenvalue weighted by molar-refractivity contribution is 14.0. The van der Waals surface area contributed by atoms with Crippen LogP contribution in [-0.4, -0.2) is 49.9 Å². The summed E-state index contributed by atoms with van der Waals surface area (Å²) in [6.45, 7) is 6.28. The molecular formula is C18H28FIN4O2. The van der Waals surface area contributed by atoms with Gasteiger partial charge < -0.3 is 20.5 Å². The molecule has 0 amide bonds. The number of halogens is 2. The van der Waals surface area contributed by atoms with Crippen molar-refractivity contribution in [2.45, 2.75) is 38.8 Å². The van der Waals surface area contributed by atoms with Crippen LogP contribution in [0.3, 0.4) is 0 Å². The molecule has 1 atom stereocenters. The summed E-state index contributed by atoms with van der Waals surface area (Å²) < 4.78 is 24.4. The Balaban J connectivity index is 0.00000243. The normalized spacial score (nSPS) is 20.2. The molecule has 3 N–H and O–H groups in total. The summed E-state index contributed by atoms with van der Waals surface area (Å²) in [6.07, 6.45) is 3.02. The van der Waals surface area contributed by atoms with Crippen LogP contribution in [0.15, 0.2) is 17.1 Å². The van der Waals surface area contributed by atoms with Gasteiger partial charge in [-0.15, -0.1) is 24.0 Å². The van der Waals surface area contributed by atoms with Gasteiger partial charge in [0, 0.05) is 18.2 Å². The zero-order valence-corrected chi connectivity index (χ0v) is 17.5. The van der Waals surface area contributed by atoms with Crippen molar-refractivity contribution in [3.63, 3.8) is 0 Å². The fourth-order valence-corrected chi connectivity index (χ4v) is 3.55. The summed E-state index contributed by atoms with van der Waals surface area (Å²) in [4.78, 5) is 6.90. The highest BCUT2D eigenvalue weighted by Gasteiger charge is 2.22. The van der Waals surface area contributed by atoms with Gasteiger partial charge in [0.25, 0.3) is 0 Å². The van der Waals surface area contributed by atoms with Gasteiger partial charge in [0.2, 0.25) is 0 Å². The number of rotatable bonds is 6. The van der Waals surface area contributed by atoms with E-state index in [0.717, 1.165) is 36.5 Å². The molecule has 1 saturated heterocycles. The molecule has 1 unspecified atom stereocenters. The molecule has 1 aromatic rings. The Labute approximate surface area is 171 Å². The number of fused-ring (bicyclic) bond motifs is 1. The SMILES string of the molecule is CCN1CCCC1CN=C(N)NCCc1cc(F)cc2c1OCOC2.I. The highest BCUT2D eigenvalue weighted by Crippen LogP contribution is 2.29. The third-order valence-electron chi connectivity index (χ3n) is 4.83. The molecule has 2 heterocycles. The van der Waals surface area contributed by atoms with Gasteiger partial charge in [0.1, 0.15) is 11.6 Å². The van der Waals surface area contributed by atoms with E-state index in [1.54, 1.807) is 0 Å². The number of likely N-dealkylation sites (N-methyl/N-ethyl adjacent to an activating group) is 1. The van der Waals surface area contributed by atoms with Gasteiger partial charge in [0.05, 0.1) is 13.2 Å². The molecule has 0 bridgehead atoms. The maximum Gasteiger partial charge on any atom is 0.189 e. The number of nitrogens with two attached hydrogens (primary N) is 1. The first-order valence-electron chi connectivity index (χ1n) is 8.97. The van der Waals surface area contributed by atoms with E-state index in [0.29, 0.717) is 31.6 Å². The van der Waals surface area contributed by atoms with Gasteiger partial charge in [0.15, 0.2) is 12.8 Å². The van der Waals surface area contributed by atoms with Crippen molar-refractivity contribution in [3.8, 4) is 5.75 Å². The fourth-order valence-electron chi connectivity index (χ4n) is 3.55. The molecule has 146 valence electrons. The van der Waals surface area contributed by atoms with Crippen molar-refractivity contribution >= 4 is 29.9 Å². The first-order valence-corrected chi connectivity index (χ1v) is 8.97. The third kappa shape index (κ3) is 5.43. The number of ether oxygens (including phenoxy) is 2. The summed E-state index contributed by atoms with van der Waals surface area (Å²) in [7, 11) is 0. The average Bonchev–Trinajstić information content (AvgIpc) is 3.07. The van der Waals surface area contributed by atoms with Crippen LogP contribution in [0, 0.1) is 5.82 Å². The van der Waals surface area contributed by atoms with Crippen LogP contribution >= 0.6 is 24.0 Å². The predicted molar refractivity (Wildman–Crippen MR) is 111 cm³/mol. The monoisotopic (exact) mass is 478 g/mol.